The Morgan fingerprint density at radius 1 is 1.37 bits per heavy atom. The average molecular weight is 262 g/mol. The third-order valence-corrected chi connectivity index (χ3v) is 5.14. The van der Waals surface area contributed by atoms with Crippen LogP contribution in [0.15, 0.2) is 24.3 Å². The maximum absolute atomic E-state index is 6.09. The normalized spacial score (nSPS) is 20.1. The van der Waals surface area contributed by atoms with Crippen molar-refractivity contribution in [2.75, 3.05) is 20.7 Å². The van der Waals surface area contributed by atoms with Crippen LogP contribution in [-0.4, -0.2) is 31.1 Å². The largest absolute Gasteiger partial charge is 0.496 e. The van der Waals surface area contributed by atoms with E-state index in [0.29, 0.717) is 12.0 Å². The molecule has 0 saturated heterocycles. The molecule has 0 radical (unpaired) electrons. The Balaban J connectivity index is 2.18. The van der Waals surface area contributed by atoms with Gasteiger partial charge < -0.3 is 10.5 Å². The van der Waals surface area contributed by atoms with E-state index in [2.05, 4.69) is 37.9 Å². The van der Waals surface area contributed by atoms with Gasteiger partial charge in [0.1, 0.15) is 5.75 Å². The van der Waals surface area contributed by atoms with Crippen LogP contribution >= 0.6 is 0 Å². The molecule has 19 heavy (non-hydrogen) atoms. The van der Waals surface area contributed by atoms with Gasteiger partial charge in [-0.15, -0.1) is 0 Å². The second-order valence-electron chi connectivity index (χ2n) is 6.21. The quantitative estimate of drug-likeness (QED) is 0.856. The lowest BCUT2D eigenvalue weighted by Gasteiger charge is -2.43. The molecule has 2 rings (SSSR count). The molecule has 0 aromatic heterocycles. The molecule has 1 saturated carbocycles. The van der Waals surface area contributed by atoms with Crippen LogP contribution in [0.25, 0.3) is 0 Å². The molecule has 1 atom stereocenters. The van der Waals surface area contributed by atoms with Gasteiger partial charge in [-0.3, -0.25) is 4.90 Å². The number of nitrogens with two attached hydrogens (primary N) is 1. The minimum absolute atomic E-state index is 0.0495. The van der Waals surface area contributed by atoms with Gasteiger partial charge in [-0.25, -0.2) is 0 Å². The summed E-state index contributed by atoms with van der Waals surface area (Å²) >= 11 is 0. The van der Waals surface area contributed by atoms with Crippen molar-refractivity contribution in [1.82, 2.24) is 4.90 Å². The Morgan fingerprint density at radius 3 is 2.53 bits per heavy atom. The predicted molar refractivity (Wildman–Crippen MR) is 79.3 cm³/mol. The first-order valence-corrected chi connectivity index (χ1v) is 7.00. The lowest BCUT2D eigenvalue weighted by Crippen LogP contribution is -2.55. The lowest BCUT2D eigenvalue weighted by atomic mass is 9.82. The highest BCUT2D eigenvalue weighted by Gasteiger charge is 2.54. The van der Waals surface area contributed by atoms with Crippen molar-refractivity contribution in [3.05, 3.63) is 29.8 Å². The molecular weight excluding hydrogens is 236 g/mol. The molecule has 0 bridgehead atoms. The van der Waals surface area contributed by atoms with Crippen LogP contribution in [0.1, 0.15) is 32.3 Å². The van der Waals surface area contributed by atoms with Crippen LogP contribution < -0.4 is 10.5 Å². The molecular formula is C16H26N2O. The summed E-state index contributed by atoms with van der Waals surface area (Å²) in [5.41, 5.74) is 7.71. The monoisotopic (exact) mass is 262 g/mol. The maximum atomic E-state index is 6.09. The Hall–Kier alpha value is -1.06. The summed E-state index contributed by atoms with van der Waals surface area (Å²) in [5.74, 6) is 0.953. The molecule has 1 unspecified atom stereocenters. The number of benzene rings is 1. The molecule has 0 amide bonds. The number of methoxy groups -OCH3 is 1. The first kappa shape index (κ1) is 14.4. The van der Waals surface area contributed by atoms with E-state index in [9.17, 15) is 0 Å². The first-order valence-electron chi connectivity index (χ1n) is 7.00. The summed E-state index contributed by atoms with van der Waals surface area (Å²) < 4.78 is 5.44. The van der Waals surface area contributed by atoms with E-state index in [1.165, 1.54) is 18.4 Å². The van der Waals surface area contributed by atoms with Crippen molar-refractivity contribution in [3.63, 3.8) is 0 Å². The van der Waals surface area contributed by atoms with Gasteiger partial charge in [-0.1, -0.05) is 25.1 Å². The van der Waals surface area contributed by atoms with Crippen LogP contribution in [0.3, 0.4) is 0 Å². The van der Waals surface area contributed by atoms with Gasteiger partial charge in [0.25, 0.3) is 0 Å². The van der Waals surface area contributed by atoms with Crippen molar-refractivity contribution in [1.29, 1.82) is 0 Å². The molecule has 1 fully saturated rings. The van der Waals surface area contributed by atoms with Crippen LogP contribution in [0.2, 0.25) is 0 Å². The number of rotatable bonds is 6. The Kier molecular flexibility index (Phi) is 3.88. The Labute approximate surface area is 116 Å². The molecule has 1 aliphatic rings. The minimum Gasteiger partial charge on any atom is -0.496 e. The number of para-hydroxylation sites is 1. The summed E-state index contributed by atoms with van der Waals surface area (Å²) in [7, 11) is 3.89. The van der Waals surface area contributed by atoms with Gasteiger partial charge in [0.15, 0.2) is 0 Å². The second-order valence-corrected chi connectivity index (χ2v) is 6.21. The second kappa shape index (κ2) is 5.14. The SMILES string of the molecule is COc1ccccc1CN(C)C(C)(CN)C1(C)CC1. The zero-order valence-electron chi connectivity index (χ0n) is 12.6. The third-order valence-electron chi connectivity index (χ3n) is 5.14. The van der Waals surface area contributed by atoms with Gasteiger partial charge in [0.2, 0.25) is 0 Å². The molecule has 0 heterocycles. The van der Waals surface area contributed by atoms with E-state index in [0.717, 1.165) is 12.3 Å². The topological polar surface area (TPSA) is 38.5 Å². The van der Waals surface area contributed by atoms with Crippen LogP contribution in [0.5, 0.6) is 5.75 Å². The summed E-state index contributed by atoms with van der Waals surface area (Å²) in [6.45, 7) is 6.19. The average Bonchev–Trinajstić information content (AvgIpc) is 3.17. The van der Waals surface area contributed by atoms with E-state index < -0.39 is 0 Å². The van der Waals surface area contributed by atoms with E-state index in [1.807, 2.05) is 12.1 Å². The van der Waals surface area contributed by atoms with Crippen molar-refractivity contribution < 1.29 is 4.74 Å². The molecule has 106 valence electrons. The highest BCUT2D eigenvalue weighted by atomic mass is 16.5. The molecule has 1 aromatic rings. The number of hydrogen-bond acceptors (Lipinski definition) is 3. The lowest BCUT2D eigenvalue weighted by molar-refractivity contribution is 0.0653. The van der Waals surface area contributed by atoms with Crippen LogP contribution in [0.4, 0.5) is 0 Å². The fraction of sp³-hybridized carbons (Fsp3) is 0.625. The zero-order valence-corrected chi connectivity index (χ0v) is 12.6. The van der Waals surface area contributed by atoms with Crippen molar-refractivity contribution in [2.45, 2.75) is 38.8 Å². The first-order chi connectivity index (χ1) is 8.97. The molecule has 0 aliphatic heterocycles. The highest BCUT2D eigenvalue weighted by molar-refractivity contribution is 5.33. The molecule has 2 N–H and O–H groups in total. The molecule has 0 spiro atoms. The Bertz CT molecular complexity index is 442. The number of ether oxygens (including phenoxy) is 1. The van der Waals surface area contributed by atoms with Crippen LogP contribution in [0, 0.1) is 5.41 Å². The summed E-state index contributed by atoms with van der Waals surface area (Å²) in [6, 6.07) is 8.21. The number of likely N-dealkylation sites (N-methyl/N-ethyl adjacent to an activating group) is 1. The standard InChI is InChI=1S/C16H26N2O/c1-15(9-10-15)16(2,12-17)18(3)11-13-7-5-6-8-14(13)19-4/h5-8H,9-12,17H2,1-4H3. The molecule has 3 nitrogen and oxygen atoms in total. The zero-order chi connectivity index (χ0) is 14.1. The summed E-state index contributed by atoms with van der Waals surface area (Å²) in [4.78, 5) is 2.39. The molecule has 1 aromatic carbocycles. The van der Waals surface area contributed by atoms with Gasteiger partial charge in [0, 0.05) is 24.2 Å². The molecule has 1 aliphatic carbocycles. The fourth-order valence-corrected chi connectivity index (χ4v) is 2.85. The fourth-order valence-electron chi connectivity index (χ4n) is 2.85. The van der Waals surface area contributed by atoms with Gasteiger partial charge >= 0.3 is 0 Å². The summed E-state index contributed by atoms with van der Waals surface area (Å²) in [5, 5.41) is 0. The van der Waals surface area contributed by atoms with Gasteiger partial charge in [-0.2, -0.15) is 0 Å². The highest BCUT2D eigenvalue weighted by Crippen LogP contribution is 2.55. The predicted octanol–water partition coefficient (Wildman–Crippen LogP) is 2.64. The molecule has 3 heteroatoms. The van der Waals surface area contributed by atoms with Crippen molar-refractivity contribution in [2.24, 2.45) is 11.1 Å². The van der Waals surface area contributed by atoms with Gasteiger partial charge in [-0.05, 0) is 38.3 Å². The van der Waals surface area contributed by atoms with Crippen LogP contribution in [-0.2, 0) is 6.54 Å². The summed E-state index contributed by atoms with van der Waals surface area (Å²) in [6.07, 6.45) is 2.55. The van der Waals surface area contributed by atoms with E-state index >= 15 is 0 Å². The van der Waals surface area contributed by atoms with E-state index in [4.69, 9.17) is 10.5 Å². The van der Waals surface area contributed by atoms with E-state index in [1.54, 1.807) is 7.11 Å². The number of nitrogens with zero attached hydrogens (tertiary/aromatic N) is 1. The van der Waals surface area contributed by atoms with Gasteiger partial charge in [0.05, 0.1) is 7.11 Å². The maximum Gasteiger partial charge on any atom is 0.123 e. The van der Waals surface area contributed by atoms with Crippen molar-refractivity contribution >= 4 is 0 Å². The van der Waals surface area contributed by atoms with E-state index in [-0.39, 0.29) is 5.54 Å². The van der Waals surface area contributed by atoms with Crippen molar-refractivity contribution in [3.8, 4) is 5.75 Å². The minimum atomic E-state index is 0.0495. The third kappa shape index (κ3) is 2.49. The Morgan fingerprint density at radius 2 is 2.00 bits per heavy atom. The smallest absolute Gasteiger partial charge is 0.123 e. The number of hydrogen-bond donors (Lipinski definition) is 1.